The molecule has 4 rings (SSSR count). The summed E-state index contributed by atoms with van der Waals surface area (Å²) in [5.74, 6) is 1.99. The average molecular weight is 435 g/mol. The lowest BCUT2D eigenvalue weighted by Crippen LogP contribution is -2.02. The lowest BCUT2D eigenvalue weighted by atomic mass is 10.2. The van der Waals surface area contributed by atoms with Gasteiger partial charge in [0.1, 0.15) is 16.8 Å². The molecule has 0 aliphatic heterocycles. The van der Waals surface area contributed by atoms with E-state index in [9.17, 15) is 0 Å². The minimum absolute atomic E-state index is 0.594. The quantitative estimate of drug-likeness (QED) is 0.324. The van der Waals surface area contributed by atoms with Crippen LogP contribution in [-0.2, 0) is 13.5 Å². The summed E-state index contributed by atoms with van der Waals surface area (Å²) in [6.07, 6.45) is 3.55. The van der Waals surface area contributed by atoms with E-state index < -0.39 is 0 Å². The monoisotopic (exact) mass is 434 g/mol. The van der Waals surface area contributed by atoms with Crippen LogP contribution in [0, 0.1) is 0 Å². The Morgan fingerprint density at radius 1 is 1.10 bits per heavy atom. The zero-order valence-corrected chi connectivity index (χ0v) is 18.4. The predicted molar refractivity (Wildman–Crippen MR) is 125 cm³/mol. The van der Waals surface area contributed by atoms with Crippen molar-refractivity contribution < 1.29 is 4.74 Å². The molecule has 2 aromatic heterocycles. The molecule has 0 unspecified atom stereocenters. The second-order valence-corrected chi connectivity index (χ2v) is 7.50. The lowest BCUT2D eigenvalue weighted by molar-refractivity contribution is 0.415. The number of fused-ring (bicyclic) bond motifs is 1. The fourth-order valence-electron chi connectivity index (χ4n) is 3.31. The summed E-state index contributed by atoms with van der Waals surface area (Å²) in [6, 6.07) is 15.1. The number of aromatic nitrogens is 4. The van der Waals surface area contributed by atoms with Crippen molar-refractivity contribution in [2.24, 2.45) is 12.1 Å². The average Bonchev–Trinajstić information content (AvgIpc) is 3.10. The number of aryl methyl sites for hydroxylation is 2. The summed E-state index contributed by atoms with van der Waals surface area (Å²) in [5.41, 5.74) is 7.48. The predicted octanol–water partition coefficient (Wildman–Crippen LogP) is 5.09. The van der Waals surface area contributed by atoms with Gasteiger partial charge in [0.15, 0.2) is 11.6 Å². The van der Waals surface area contributed by atoms with Gasteiger partial charge < -0.3 is 4.74 Å². The van der Waals surface area contributed by atoms with E-state index in [0.29, 0.717) is 16.7 Å². The molecule has 0 fully saturated rings. The maximum atomic E-state index is 6.05. The number of hydrogen-bond donors (Lipinski definition) is 1. The lowest BCUT2D eigenvalue weighted by Gasteiger charge is -2.07. The normalized spacial score (nSPS) is 11.4. The molecule has 0 aliphatic rings. The van der Waals surface area contributed by atoms with Gasteiger partial charge in [-0.15, -0.1) is 0 Å². The number of hydrogen-bond acceptors (Lipinski definition) is 6. The number of nitrogens with zero attached hydrogens (tertiary/aromatic N) is 5. The molecule has 2 heterocycles. The summed E-state index contributed by atoms with van der Waals surface area (Å²) in [4.78, 5) is 9.55. The van der Waals surface area contributed by atoms with Gasteiger partial charge in [0, 0.05) is 17.6 Å². The minimum Gasteiger partial charge on any atom is -0.497 e. The van der Waals surface area contributed by atoms with Crippen LogP contribution in [0.5, 0.6) is 5.75 Å². The molecule has 2 aromatic carbocycles. The number of methoxy groups -OCH3 is 1. The van der Waals surface area contributed by atoms with Gasteiger partial charge in [-0.2, -0.15) is 10.2 Å². The number of nitrogens with one attached hydrogen (secondary N) is 1. The minimum atomic E-state index is 0.594. The molecule has 0 atom stereocenters. The largest absolute Gasteiger partial charge is 0.497 e. The van der Waals surface area contributed by atoms with Crippen LogP contribution in [0.4, 0.5) is 5.82 Å². The van der Waals surface area contributed by atoms with Crippen molar-refractivity contribution in [1.29, 1.82) is 0 Å². The van der Waals surface area contributed by atoms with Crippen molar-refractivity contribution in [3.05, 3.63) is 64.8 Å². The molecule has 7 nitrogen and oxygen atoms in total. The van der Waals surface area contributed by atoms with E-state index in [0.717, 1.165) is 46.4 Å². The number of anilines is 1. The van der Waals surface area contributed by atoms with Gasteiger partial charge >= 0.3 is 0 Å². The first-order valence-corrected chi connectivity index (χ1v) is 10.4. The molecular weight excluding hydrogens is 412 g/mol. The third kappa shape index (κ3) is 4.51. The van der Waals surface area contributed by atoms with Crippen molar-refractivity contribution in [3.8, 4) is 17.1 Å². The molecule has 0 spiro atoms. The van der Waals surface area contributed by atoms with E-state index in [1.54, 1.807) is 18.0 Å². The molecule has 0 aliphatic carbocycles. The number of hydrazone groups is 1. The van der Waals surface area contributed by atoms with Crippen molar-refractivity contribution in [3.63, 3.8) is 0 Å². The molecule has 0 bridgehead atoms. The molecule has 4 aromatic rings. The van der Waals surface area contributed by atoms with Crippen molar-refractivity contribution >= 4 is 34.7 Å². The Labute approximate surface area is 185 Å². The van der Waals surface area contributed by atoms with Crippen LogP contribution in [0.25, 0.3) is 22.4 Å². The van der Waals surface area contributed by atoms with Crippen molar-refractivity contribution in [2.45, 2.75) is 19.8 Å². The number of rotatable bonds is 7. The van der Waals surface area contributed by atoms with Gasteiger partial charge in [-0.05, 0) is 60.5 Å². The fraction of sp³-hybridized carbons (Fsp3) is 0.217. The third-order valence-electron chi connectivity index (χ3n) is 4.84. The number of halogens is 1. The Morgan fingerprint density at radius 3 is 2.52 bits per heavy atom. The topological polar surface area (TPSA) is 77.2 Å². The first-order valence-electron chi connectivity index (χ1n) is 10.0. The highest BCUT2D eigenvalue weighted by atomic mass is 35.5. The molecule has 0 radical (unpaired) electrons. The van der Waals surface area contributed by atoms with Crippen LogP contribution in [0.15, 0.2) is 53.6 Å². The second kappa shape index (κ2) is 9.14. The van der Waals surface area contributed by atoms with Crippen LogP contribution in [0.3, 0.4) is 0 Å². The highest BCUT2D eigenvalue weighted by molar-refractivity contribution is 6.30. The van der Waals surface area contributed by atoms with E-state index in [1.165, 1.54) is 0 Å². The zero-order valence-electron chi connectivity index (χ0n) is 17.6. The molecular formula is C23H23ClN6O. The van der Waals surface area contributed by atoms with Crippen LogP contribution in [0.1, 0.15) is 24.6 Å². The molecule has 0 saturated carbocycles. The van der Waals surface area contributed by atoms with E-state index in [1.807, 2.05) is 55.6 Å². The standard InChI is InChI=1S/C23H23ClN6O/c1-4-5-19-20-21(30(2)29-19)23(27-22(26-20)16-8-10-17(24)11-9-16)28-25-14-15-6-12-18(31-3)13-7-15/h6-14H,4-5H2,1-3H3,(H,26,27,28)/b25-14+. The highest BCUT2D eigenvalue weighted by Crippen LogP contribution is 2.28. The summed E-state index contributed by atoms with van der Waals surface area (Å²) in [5, 5.41) is 9.72. The van der Waals surface area contributed by atoms with Crippen LogP contribution >= 0.6 is 11.6 Å². The molecule has 0 amide bonds. The highest BCUT2D eigenvalue weighted by Gasteiger charge is 2.17. The molecule has 31 heavy (non-hydrogen) atoms. The molecule has 0 saturated heterocycles. The van der Waals surface area contributed by atoms with E-state index >= 15 is 0 Å². The van der Waals surface area contributed by atoms with Gasteiger partial charge in [-0.25, -0.2) is 9.97 Å². The summed E-state index contributed by atoms with van der Waals surface area (Å²) >= 11 is 6.05. The SMILES string of the molecule is CCCc1nn(C)c2c(N/N=C/c3ccc(OC)cc3)nc(-c3ccc(Cl)cc3)nc12. The van der Waals surface area contributed by atoms with Crippen LogP contribution < -0.4 is 10.2 Å². The van der Waals surface area contributed by atoms with Gasteiger partial charge in [0.25, 0.3) is 0 Å². The Hall–Kier alpha value is -3.45. The smallest absolute Gasteiger partial charge is 0.176 e. The maximum absolute atomic E-state index is 6.05. The Bertz CT molecular complexity index is 1220. The van der Waals surface area contributed by atoms with E-state index in [4.69, 9.17) is 26.3 Å². The summed E-state index contributed by atoms with van der Waals surface area (Å²) in [6.45, 7) is 2.13. The Morgan fingerprint density at radius 2 is 1.84 bits per heavy atom. The first kappa shape index (κ1) is 20.8. The fourth-order valence-corrected chi connectivity index (χ4v) is 3.44. The van der Waals surface area contributed by atoms with Gasteiger partial charge in [-0.1, -0.05) is 24.9 Å². The van der Waals surface area contributed by atoms with Gasteiger partial charge in [-0.3, -0.25) is 10.1 Å². The second-order valence-electron chi connectivity index (χ2n) is 7.06. The first-order chi connectivity index (χ1) is 15.1. The van der Waals surface area contributed by atoms with E-state index in [-0.39, 0.29) is 0 Å². The van der Waals surface area contributed by atoms with Gasteiger partial charge in [0.05, 0.1) is 19.0 Å². The number of benzene rings is 2. The molecule has 8 heteroatoms. The molecule has 158 valence electrons. The zero-order chi connectivity index (χ0) is 21.8. The molecule has 1 N–H and O–H groups in total. The maximum Gasteiger partial charge on any atom is 0.176 e. The van der Waals surface area contributed by atoms with Crippen molar-refractivity contribution in [2.75, 3.05) is 12.5 Å². The Balaban J connectivity index is 1.74. The summed E-state index contributed by atoms with van der Waals surface area (Å²) < 4.78 is 7.00. The third-order valence-corrected chi connectivity index (χ3v) is 5.09. The van der Waals surface area contributed by atoms with Crippen LogP contribution in [-0.4, -0.2) is 33.1 Å². The summed E-state index contributed by atoms with van der Waals surface area (Å²) in [7, 11) is 3.54. The Kier molecular flexibility index (Phi) is 6.13. The van der Waals surface area contributed by atoms with Crippen molar-refractivity contribution in [1.82, 2.24) is 19.7 Å². The van der Waals surface area contributed by atoms with Gasteiger partial charge in [0.2, 0.25) is 0 Å². The number of ether oxygens (including phenoxy) is 1. The van der Waals surface area contributed by atoms with Crippen LogP contribution in [0.2, 0.25) is 5.02 Å². The van der Waals surface area contributed by atoms with E-state index in [2.05, 4.69) is 22.5 Å².